The number of hydrogen-bond acceptors (Lipinski definition) is 2. The quantitative estimate of drug-likeness (QED) is 0.529. The summed E-state index contributed by atoms with van der Waals surface area (Å²) < 4.78 is 1.69. The molecule has 0 saturated carbocycles. The van der Waals surface area contributed by atoms with Gasteiger partial charge in [0.25, 0.3) is 5.56 Å². The van der Waals surface area contributed by atoms with E-state index in [4.69, 9.17) is 0 Å². The zero-order valence-electron chi connectivity index (χ0n) is 13.1. The molecule has 1 heterocycles. The van der Waals surface area contributed by atoms with Crippen molar-refractivity contribution in [2.75, 3.05) is 0 Å². The lowest BCUT2D eigenvalue weighted by Crippen LogP contribution is -2.22. The Bertz CT molecular complexity index is 1110. The van der Waals surface area contributed by atoms with Crippen LogP contribution in [0.3, 0.4) is 0 Å². The average molecular weight is 300 g/mol. The molecule has 0 aliphatic heterocycles. The highest BCUT2D eigenvalue weighted by atomic mass is 16.1. The van der Waals surface area contributed by atoms with Crippen LogP contribution in [0.4, 0.5) is 0 Å². The molecular weight excluding hydrogens is 284 g/mol. The second-order valence-corrected chi connectivity index (χ2v) is 5.85. The second kappa shape index (κ2) is 5.06. The summed E-state index contributed by atoms with van der Waals surface area (Å²) in [5, 5.41) is 2.93. The fourth-order valence-corrected chi connectivity index (χ4v) is 3.03. The van der Waals surface area contributed by atoms with E-state index < -0.39 is 0 Å². The molecule has 1 aromatic heterocycles. The first-order valence-corrected chi connectivity index (χ1v) is 7.63. The van der Waals surface area contributed by atoms with Gasteiger partial charge in [-0.2, -0.15) is 0 Å². The van der Waals surface area contributed by atoms with Crippen molar-refractivity contribution in [3.63, 3.8) is 0 Å². The minimum atomic E-state index is -0.0218. The van der Waals surface area contributed by atoms with Crippen molar-refractivity contribution in [3.8, 4) is 5.69 Å². The lowest BCUT2D eigenvalue weighted by Gasteiger charge is -2.12. The maximum atomic E-state index is 13.0. The van der Waals surface area contributed by atoms with Gasteiger partial charge < -0.3 is 0 Å². The van der Waals surface area contributed by atoms with Crippen LogP contribution >= 0.6 is 0 Å². The molecule has 0 amide bonds. The first kappa shape index (κ1) is 13.7. The van der Waals surface area contributed by atoms with E-state index in [-0.39, 0.29) is 5.56 Å². The molecule has 3 heteroatoms. The van der Waals surface area contributed by atoms with Crippen LogP contribution in [-0.4, -0.2) is 9.55 Å². The van der Waals surface area contributed by atoms with E-state index in [9.17, 15) is 4.79 Å². The molecule has 4 aromatic rings. The molecular formula is C20H16N2O. The summed E-state index contributed by atoms with van der Waals surface area (Å²) in [6.45, 7) is 3.86. The SMILES string of the molecule is Cc1ccc2nc(C)n(-c3ccc4ccccc4c3)c(=O)c2c1. The van der Waals surface area contributed by atoms with Gasteiger partial charge >= 0.3 is 0 Å². The lowest BCUT2D eigenvalue weighted by atomic mass is 10.1. The Labute approximate surface area is 133 Å². The van der Waals surface area contributed by atoms with Gasteiger partial charge in [0.15, 0.2) is 0 Å². The first-order valence-electron chi connectivity index (χ1n) is 7.63. The normalized spacial score (nSPS) is 11.2. The lowest BCUT2D eigenvalue weighted by molar-refractivity contribution is 0.896. The highest BCUT2D eigenvalue weighted by molar-refractivity contribution is 5.85. The molecule has 4 rings (SSSR count). The molecule has 0 atom stereocenters. The van der Waals surface area contributed by atoms with Crippen LogP contribution < -0.4 is 5.56 Å². The van der Waals surface area contributed by atoms with Crippen molar-refractivity contribution in [2.45, 2.75) is 13.8 Å². The van der Waals surface area contributed by atoms with Gasteiger partial charge in [-0.1, -0.05) is 42.0 Å². The van der Waals surface area contributed by atoms with Crippen LogP contribution in [0.1, 0.15) is 11.4 Å². The molecule has 23 heavy (non-hydrogen) atoms. The molecule has 112 valence electrons. The Balaban J connectivity index is 2.05. The van der Waals surface area contributed by atoms with E-state index in [1.54, 1.807) is 4.57 Å². The summed E-state index contributed by atoms with van der Waals surface area (Å²) in [4.78, 5) is 17.6. The minimum Gasteiger partial charge on any atom is -0.268 e. The molecule has 0 aliphatic rings. The highest BCUT2D eigenvalue weighted by Gasteiger charge is 2.10. The minimum absolute atomic E-state index is 0.0218. The molecule has 0 radical (unpaired) electrons. The summed E-state index contributed by atoms with van der Waals surface area (Å²) in [6, 6.07) is 20.0. The van der Waals surface area contributed by atoms with Crippen molar-refractivity contribution in [1.82, 2.24) is 9.55 Å². The molecule has 0 aliphatic carbocycles. The molecule has 0 bridgehead atoms. The Morgan fingerprint density at radius 3 is 2.48 bits per heavy atom. The Morgan fingerprint density at radius 1 is 0.870 bits per heavy atom. The molecule has 0 N–H and O–H groups in total. The largest absolute Gasteiger partial charge is 0.268 e. The topological polar surface area (TPSA) is 34.9 Å². The fraction of sp³-hybridized carbons (Fsp3) is 0.100. The van der Waals surface area contributed by atoms with Gasteiger partial charge in [0.2, 0.25) is 0 Å². The van der Waals surface area contributed by atoms with Gasteiger partial charge in [-0.15, -0.1) is 0 Å². The van der Waals surface area contributed by atoms with Crippen LogP contribution in [0.25, 0.3) is 27.4 Å². The van der Waals surface area contributed by atoms with Crippen molar-refractivity contribution in [1.29, 1.82) is 0 Å². The van der Waals surface area contributed by atoms with Gasteiger partial charge in [-0.25, -0.2) is 4.98 Å². The maximum Gasteiger partial charge on any atom is 0.265 e. The Hall–Kier alpha value is -2.94. The molecule has 0 spiro atoms. The predicted octanol–water partition coefficient (Wildman–Crippen LogP) is 4.16. The van der Waals surface area contributed by atoms with E-state index in [1.807, 2.05) is 62.4 Å². The number of aryl methyl sites for hydroxylation is 2. The number of rotatable bonds is 1. The van der Waals surface area contributed by atoms with Crippen LogP contribution in [0.15, 0.2) is 65.5 Å². The van der Waals surface area contributed by atoms with Gasteiger partial charge in [0.05, 0.1) is 16.6 Å². The number of nitrogens with zero attached hydrogens (tertiary/aromatic N) is 2. The van der Waals surface area contributed by atoms with Crippen LogP contribution in [0.5, 0.6) is 0 Å². The van der Waals surface area contributed by atoms with Crippen molar-refractivity contribution >= 4 is 21.7 Å². The first-order chi connectivity index (χ1) is 11.1. The molecule has 0 unspecified atom stereocenters. The van der Waals surface area contributed by atoms with Gasteiger partial charge in [-0.05, 0) is 48.9 Å². The highest BCUT2D eigenvalue weighted by Crippen LogP contribution is 2.19. The standard InChI is InChI=1S/C20H16N2O/c1-13-7-10-19-18(11-13)20(23)22(14(2)21-19)17-9-8-15-5-3-4-6-16(15)12-17/h3-12H,1-2H3. The zero-order valence-corrected chi connectivity index (χ0v) is 13.1. The van der Waals surface area contributed by atoms with E-state index in [0.717, 1.165) is 27.5 Å². The van der Waals surface area contributed by atoms with Gasteiger partial charge in [-0.3, -0.25) is 9.36 Å². The number of aromatic nitrogens is 2. The predicted molar refractivity (Wildman–Crippen MR) is 94.3 cm³/mol. The van der Waals surface area contributed by atoms with Gasteiger partial charge in [0, 0.05) is 0 Å². The Kier molecular flexibility index (Phi) is 3.01. The molecule has 0 fully saturated rings. The summed E-state index contributed by atoms with van der Waals surface area (Å²) in [7, 11) is 0. The number of hydrogen-bond donors (Lipinski definition) is 0. The number of benzene rings is 3. The summed E-state index contributed by atoms with van der Waals surface area (Å²) in [5.74, 6) is 0.696. The van der Waals surface area contributed by atoms with Crippen LogP contribution in [-0.2, 0) is 0 Å². The third-order valence-electron chi connectivity index (χ3n) is 4.18. The van der Waals surface area contributed by atoms with Crippen LogP contribution in [0, 0.1) is 13.8 Å². The molecule has 0 saturated heterocycles. The third kappa shape index (κ3) is 2.21. The summed E-state index contributed by atoms with van der Waals surface area (Å²) >= 11 is 0. The number of fused-ring (bicyclic) bond motifs is 2. The summed E-state index contributed by atoms with van der Waals surface area (Å²) in [5.41, 5.74) is 2.63. The van der Waals surface area contributed by atoms with E-state index in [1.165, 1.54) is 0 Å². The monoisotopic (exact) mass is 300 g/mol. The van der Waals surface area contributed by atoms with E-state index in [2.05, 4.69) is 17.1 Å². The third-order valence-corrected chi connectivity index (χ3v) is 4.18. The van der Waals surface area contributed by atoms with Crippen molar-refractivity contribution in [2.24, 2.45) is 0 Å². The van der Waals surface area contributed by atoms with Crippen molar-refractivity contribution < 1.29 is 0 Å². The maximum absolute atomic E-state index is 13.0. The van der Waals surface area contributed by atoms with Crippen LogP contribution in [0.2, 0.25) is 0 Å². The zero-order chi connectivity index (χ0) is 16.0. The smallest absolute Gasteiger partial charge is 0.265 e. The molecule has 3 aromatic carbocycles. The van der Waals surface area contributed by atoms with E-state index in [0.29, 0.717) is 11.2 Å². The Morgan fingerprint density at radius 2 is 1.65 bits per heavy atom. The van der Waals surface area contributed by atoms with E-state index >= 15 is 0 Å². The summed E-state index contributed by atoms with van der Waals surface area (Å²) in [6.07, 6.45) is 0. The average Bonchev–Trinajstić information content (AvgIpc) is 2.56. The molecule has 3 nitrogen and oxygen atoms in total. The van der Waals surface area contributed by atoms with Gasteiger partial charge in [0.1, 0.15) is 5.82 Å². The second-order valence-electron chi connectivity index (χ2n) is 5.85. The van der Waals surface area contributed by atoms with Crippen molar-refractivity contribution in [3.05, 3.63) is 82.4 Å². The fourth-order valence-electron chi connectivity index (χ4n) is 3.03.